The highest BCUT2D eigenvalue weighted by Gasteiger charge is 2.01. The molecule has 0 saturated carbocycles. The lowest BCUT2D eigenvalue weighted by molar-refractivity contribution is 1.13. The van der Waals surface area contributed by atoms with Gasteiger partial charge in [-0.2, -0.15) is 0 Å². The van der Waals surface area contributed by atoms with Gasteiger partial charge in [-0.25, -0.2) is 0 Å². The first-order valence-electron chi connectivity index (χ1n) is 5.17. The minimum atomic E-state index is 0.848. The molecule has 0 aliphatic heterocycles. The Morgan fingerprint density at radius 3 is 2.60 bits per heavy atom. The first kappa shape index (κ1) is 11.6. The smallest absolute Gasteiger partial charge is 0.0373 e. The summed E-state index contributed by atoms with van der Waals surface area (Å²) in [5.41, 5.74) is 11.5. The standard InChI is InChI=1S/C14H19N/c1-10-6-5-7-12(3)14(15)13(4)9-11(2)8-10/h5-7,9H,2,8,15H2,1,3-4H3/b7-5-,10-6-,13-9+,14-12+. The number of allylic oxidation sites excluding steroid dienone is 8. The average Bonchev–Trinajstić information content (AvgIpc) is 2.14. The summed E-state index contributed by atoms with van der Waals surface area (Å²) in [6.45, 7) is 10.2. The van der Waals surface area contributed by atoms with E-state index in [1.807, 2.05) is 26.0 Å². The van der Waals surface area contributed by atoms with E-state index in [9.17, 15) is 0 Å². The first-order chi connectivity index (χ1) is 7.00. The highest BCUT2D eigenvalue weighted by atomic mass is 14.6. The second-order valence-electron chi connectivity index (χ2n) is 4.13. The molecule has 15 heavy (non-hydrogen) atoms. The molecule has 0 unspecified atom stereocenters. The summed E-state index contributed by atoms with van der Waals surface area (Å²) in [4.78, 5) is 0. The molecular formula is C14H19N. The molecule has 1 rings (SSSR count). The lowest BCUT2D eigenvalue weighted by Gasteiger charge is -2.08. The quantitative estimate of drug-likeness (QED) is 0.636. The maximum atomic E-state index is 6.01. The Kier molecular flexibility index (Phi) is 3.73. The Morgan fingerprint density at radius 1 is 1.27 bits per heavy atom. The Balaban J connectivity index is 3.18. The number of hydrogen-bond acceptors (Lipinski definition) is 1. The molecule has 1 aliphatic rings. The molecule has 80 valence electrons. The fourth-order valence-corrected chi connectivity index (χ4v) is 1.61. The van der Waals surface area contributed by atoms with Crippen LogP contribution in [-0.4, -0.2) is 0 Å². The molecule has 0 fully saturated rings. The van der Waals surface area contributed by atoms with Crippen molar-refractivity contribution in [2.75, 3.05) is 0 Å². The van der Waals surface area contributed by atoms with Crippen LogP contribution in [0.4, 0.5) is 0 Å². The van der Waals surface area contributed by atoms with Gasteiger partial charge in [0.05, 0.1) is 0 Å². The summed E-state index contributed by atoms with van der Waals surface area (Å²) in [7, 11) is 0. The fraction of sp³-hybridized carbons (Fsp3) is 0.286. The normalized spacial score (nSPS) is 32.6. The molecule has 0 saturated heterocycles. The van der Waals surface area contributed by atoms with Crippen LogP contribution in [0.2, 0.25) is 0 Å². The molecule has 0 spiro atoms. The predicted molar refractivity (Wildman–Crippen MR) is 67.3 cm³/mol. The molecule has 0 atom stereocenters. The van der Waals surface area contributed by atoms with E-state index >= 15 is 0 Å². The molecule has 2 N–H and O–H groups in total. The minimum Gasteiger partial charge on any atom is -0.398 e. The summed E-state index contributed by atoms with van der Waals surface area (Å²) in [6.07, 6.45) is 9.17. The molecule has 1 heteroatoms. The summed E-state index contributed by atoms with van der Waals surface area (Å²) in [5, 5.41) is 0. The number of nitrogens with two attached hydrogens (primary N) is 1. The van der Waals surface area contributed by atoms with E-state index in [0.29, 0.717) is 0 Å². The zero-order valence-electron chi connectivity index (χ0n) is 9.80. The van der Waals surface area contributed by atoms with Crippen LogP contribution in [0.1, 0.15) is 27.2 Å². The fourth-order valence-electron chi connectivity index (χ4n) is 1.61. The third kappa shape index (κ3) is 3.28. The van der Waals surface area contributed by atoms with Crippen molar-refractivity contribution in [1.82, 2.24) is 0 Å². The van der Waals surface area contributed by atoms with E-state index in [0.717, 1.165) is 28.8 Å². The summed E-state index contributed by atoms with van der Waals surface area (Å²) < 4.78 is 0. The molecule has 0 aromatic rings. The van der Waals surface area contributed by atoms with Gasteiger partial charge in [-0.1, -0.05) is 42.0 Å². The van der Waals surface area contributed by atoms with Gasteiger partial charge in [0.1, 0.15) is 0 Å². The van der Waals surface area contributed by atoms with Gasteiger partial charge in [0.25, 0.3) is 0 Å². The van der Waals surface area contributed by atoms with Gasteiger partial charge in [0.2, 0.25) is 0 Å². The van der Waals surface area contributed by atoms with Gasteiger partial charge in [-0.05, 0) is 38.3 Å². The Labute approximate surface area is 92.4 Å². The van der Waals surface area contributed by atoms with Crippen molar-refractivity contribution in [3.8, 4) is 0 Å². The molecule has 1 aliphatic carbocycles. The zero-order chi connectivity index (χ0) is 11.4. The van der Waals surface area contributed by atoms with Crippen molar-refractivity contribution in [1.29, 1.82) is 0 Å². The monoisotopic (exact) mass is 201 g/mol. The molecule has 0 aromatic carbocycles. The van der Waals surface area contributed by atoms with Gasteiger partial charge < -0.3 is 5.73 Å². The number of rotatable bonds is 0. The van der Waals surface area contributed by atoms with Crippen molar-refractivity contribution in [3.05, 3.63) is 58.9 Å². The molecule has 0 radical (unpaired) electrons. The highest BCUT2D eigenvalue weighted by Crippen LogP contribution is 2.18. The van der Waals surface area contributed by atoms with E-state index in [4.69, 9.17) is 5.73 Å². The minimum absolute atomic E-state index is 0.848. The predicted octanol–water partition coefficient (Wildman–Crippen LogP) is 3.63. The largest absolute Gasteiger partial charge is 0.398 e. The maximum absolute atomic E-state index is 6.01. The average molecular weight is 201 g/mol. The summed E-state index contributed by atoms with van der Waals surface area (Å²) in [6, 6.07) is 0. The topological polar surface area (TPSA) is 26.0 Å². The van der Waals surface area contributed by atoms with Gasteiger partial charge >= 0.3 is 0 Å². The van der Waals surface area contributed by atoms with E-state index < -0.39 is 0 Å². The van der Waals surface area contributed by atoms with Crippen LogP contribution in [-0.2, 0) is 0 Å². The lowest BCUT2D eigenvalue weighted by Crippen LogP contribution is -2.02. The zero-order valence-corrected chi connectivity index (χ0v) is 9.80. The molecular weight excluding hydrogens is 182 g/mol. The van der Waals surface area contributed by atoms with Crippen LogP contribution >= 0.6 is 0 Å². The van der Waals surface area contributed by atoms with Crippen LogP contribution in [0.5, 0.6) is 0 Å². The van der Waals surface area contributed by atoms with Crippen molar-refractivity contribution in [2.24, 2.45) is 5.73 Å². The molecule has 0 amide bonds. The Bertz CT molecular complexity index is 390. The second-order valence-corrected chi connectivity index (χ2v) is 4.13. The number of hydrogen-bond donors (Lipinski definition) is 1. The first-order valence-corrected chi connectivity index (χ1v) is 5.17. The molecule has 1 nitrogen and oxygen atoms in total. The Hall–Kier alpha value is -1.50. The highest BCUT2D eigenvalue weighted by molar-refractivity contribution is 5.41. The lowest BCUT2D eigenvalue weighted by atomic mass is 10.0. The third-order valence-corrected chi connectivity index (χ3v) is 2.50. The van der Waals surface area contributed by atoms with Gasteiger partial charge in [-0.3, -0.25) is 0 Å². The van der Waals surface area contributed by atoms with Crippen LogP contribution in [0.15, 0.2) is 58.9 Å². The van der Waals surface area contributed by atoms with Crippen LogP contribution in [0.25, 0.3) is 0 Å². The van der Waals surface area contributed by atoms with Crippen molar-refractivity contribution in [3.63, 3.8) is 0 Å². The van der Waals surface area contributed by atoms with E-state index in [-0.39, 0.29) is 0 Å². The SMILES string of the molecule is C=C1/C=C(C)/C(N)=C(C)\C=C/C=C(/C)C1. The van der Waals surface area contributed by atoms with E-state index in [2.05, 4.69) is 25.7 Å². The summed E-state index contributed by atoms with van der Waals surface area (Å²) >= 11 is 0. The maximum Gasteiger partial charge on any atom is 0.0373 e. The van der Waals surface area contributed by atoms with Gasteiger partial charge in [0, 0.05) is 5.70 Å². The van der Waals surface area contributed by atoms with Gasteiger partial charge in [0.15, 0.2) is 0 Å². The second kappa shape index (κ2) is 4.83. The molecule has 0 heterocycles. The summed E-state index contributed by atoms with van der Waals surface area (Å²) in [5.74, 6) is 0. The van der Waals surface area contributed by atoms with Crippen molar-refractivity contribution < 1.29 is 0 Å². The molecule has 0 aromatic heterocycles. The molecule has 0 bridgehead atoms. The van der Waals surface area contributed by atoms with Crippen molar-refractivity contribution >= 4 is 0 Å². The van der Waals surface area contributed by atoms with Gasteiger partial charge in [-0.15, -0.1) is 0 Å². The van der Waals surface area contributed by atoms with E-state index in [1.165, 1.54) is 5.57 Å². The van der Waals surface area contributed by atoms with Crippen LogP contribution < -0.4 is 5.73 Å². The van der Waals surface area contributed by atoms with Crippen LogP contribution in [0.3, 0.4) is 0 Å². The van der Waals surface area contributed by atoms with E-state index in [1.54, 1.807) is 0 Å². The van der Waals surface area contributed by atoms with Crippen LogP contribution in [0, 0.1) is 0 Å². The third-order valence-electron chi connectivity index (χ3n) is 2.50. The van der Waals surface area contributed by atoms with Crippen molar-refractivity contribution in [2.45, 2.75) is 27.2 Å². The Morgan fingerprint density at radius 2 is 1.93 bits per heavy atom.